The molecule has 0 saturated carbocycles. The van der Waals surface area contributed by atoms with Crippen molar-refractivity contribution in [3.8, 4) is 0 Å². The summed E-state index contributed by atoms with van der Waals surface area (Å²) in [5.74, 6) is 1.13. The van der Waals surface area contributed by atoms with Gasteiger partial charge in [0.25, 0.3) is 0 Å². The van der Waals surface area contributed by atoms with Crippen LogP contribution in [0.4, 0.5) is 0 Å². The Morgan fingerprint density at radius 2 is 1.94 bits per heavy atom. The number of nitrogens with zero attached hydrogens (tertiary/aromatic N) is 2. The number of hydrogen-bond acceptors (Lipinski definition) is 4. The molecule has 0 aromatic carbocycles. The van der Waals surface area contributed by atoms with E-state index in [1.54, 1.807) is 11.8 Å². The summed E-state index contributed by atoms with van der Waals surface area (Å²) in [5, 5.41) is 4.48. The minimum atomic E-state index is 0.757. The molecule has 3 nitrogen and oxygen atoms in total. The molecule has 2 rings (SSSR count). The molecular formula is C14H23N3S. The lowest BCUT2D eigenvalue weighted by Gasteiger charge is -2.09. The predicted molar refractivity (Wildman–Crippen MR) is 77.2 cm³/mol. The van der Waals surface area contributed by atoms with Gasteiger partial charge < -0.3 is 5.32 Å². The van der Waals surface area contributed by atoms with Crippen molar-refractivity contribution in [1.82, 2.24) is 15.3 Å². The van der Waals surface area contributed by atoms with Crippen LogP contribution in [0.2, 0.25) is 0 Å². The number of aryl methyl sites for hydroxylation is 2. The molecule has 4 heteroatoms. The van der Waals surface area contributed by atoms with Crippen molar-refractivity contribution in [3.63, 3.8) is 0 Å². The molecule has 100 valence electrons. The maximum atomic E-state index is 4.54. The lowest BCUT2D eigenvalue weighted by atomic mass is 10.1. The Labute approximate surface area is 114 Å². The van der Waals surface area contributed by atoms with Gasteiger partial charge >= 0.3 is 0 Å². The van der Waals surface area contributed by atoms with E-state index in [-0.39, 0.29) is 0 Å². The summed E-state index contributed by atoms with van der Waals surface area (Å²) in [6, 6.07) is 0.757. The Bertz CT molecular complexity index is 377. The van der Waals surface area contributed by atoms with Crippen molar-refractivity contribution in [2.75, 3.05) is 12.3 Å². The Kier molecular flexibility index (Phi) is 5.01. The fraction of sp³-hybridized carbons (Fsp3) is 0.714. The van der Waals surface area contributed by atoms with Crippen LogP contribution in [0.25, 0.3) is 0 Å². The molecule has 0 spiro atoms. The van der Waals surface area contributed by atoms with E-state index in [1.807, 2.05) is 0 Å². The number of rotatable bonds is 5. The molecule has 1 unspecified atom stereocenters. The van der Waals surface area contributed by atoms with Crippen LogP contribution in [0.1, 0.15) is 42.6 Å². The number of nitrogens with one attached hydrogen (secondary N) is 1. The Morgan fingerprint density at radius 1 is 1.22 bits per heavy atom. The third kappa shape index (κ3) is 3.69. The standard InChI is InChI=1S/C14H23N3S/c1-10-11(2)16-14(17-12(10)3)18-9-5-7-13-6-4-8-15-13/h13,15H,4-9H2,1-3H3. The largest absolute Gasteiger partial charge is 0.314 e. The molecule has 0 aliphatic carbocycles. The maximum absolute atomic E-state index is 4.54. The molecule has 0 radical (unpaired) electrons. The molecule has 1 aromatic rings. The van der Waals surface area contributed by atoms with Crippen molar-refractivity contribution in [1.29, 1.82) is 0 Å². The Hall–Kier alpha value is -0.610. The first-order valence-electron chi connectivity index (χ1n) is 6.85. The second-order valence-corrected chi connectivity index (χ2v) is 6.15. The van der Waals surface area contributed by atoms with Gasteiger partial charge in [-0.1, -0.05) is 11.8 Å². The van der Waals surface area contributed by atoms with E-state index in [2.05, 4.69) is 36.1 Å². The molecule has 1 fully saturated rings. The summed E-state index contributed by atoms with van der Waals surface area (Å²) in [4.78, 5) is 9.08. The maximum Gasteiger partial charge on any atom is 0.187 e. The van der Waals surface area contributed by atoms with Crippen molar-refractivity contribution in [3.05, 3.63) is 17.0 Å². The van der Waals surface area contributed by atoms with Crippen LogP contribution in [0.15, 0.2) is 5.16 Å². The normalized spacial score (nSPS) is 19.4. The highest BCUT2D eigenvalue weighted by Crippen LogP contribution is 2.19. The van der Waals surface area contributed by atoms with Crippen LogP contribution in [0.5, 0.6) is 0 Å². The third-order valence-corrected chi connectivity index (χ3v) is 4.64. The summed E-state index contributed by atoms with van der Waals surface area (Å²) in [7, 11) is 0. The van der Waals surface area contributed by atoms with E-state index in [0.717, 1.165) is 28.3 Å². The van der Waals surface area contributed by atoms with Gasteiger partial charge in [0.2, 0.25) is 0 Å². The predicted octanol–water partition coefficient (Wildman–Crippen LogP) is 3.03. The van der Waals surface area contributed by atoms with Crippen LogP contribution < -0.4 is 5.32 Å². The van der Waals surface area contributed by atoms with E-state index in [9.17, 15) is 0 Å². The van der Waals surface area contributed by atoms with Crippen molar-refractivity contribution in [2.24, 2.45) is 0 Å². The molecule has 1 aliphatic heterocycles. The summed E-state index contributed by atoms with van der Waals surface area (Å²) in [6.45, 7) is 7.43. The molecule has 2 heterocycles. The molecule has 0 amide bonds. The van der Waals surface area contributed by atoms with E-state index in [0.29, 0.717) is 0 Å². The zero-order valence-electron chi connectivity index (χ0n) is 11.6. The first kappa shape index (κ1) is 13.8. The first-order chi connectivity index (χ1) is 8.66. The molecule has 18 heavy (non-hydrogen) atoms. The minimum absolute atomic E-state index is 0.757. The van der Waals surface area contributed by atoms with Gasteiger partial charge in [-0.15, -0.1) is 0 Å². The number of aromatic nitrogens is 2. The SMILES string of the molecule is Cc1nc(SCCCC2CCCN2)nc(C)c1C. The minimum Gasteiger partial charge on any atom is -0.314 e. The van der Waals surface area contributed by atoms with Gasteiger partial charge in [0, 0.05) is 23.2 Å². The van der Waals surface area contributed by atoms with Gasteiger partial charge in [0.15, 0.2) is 5.16 Å². The summed E-state index contributed by atoms with van der Waals surface area (Å²) < 4.78 is 0. The van der Waals surface area contributed by atoms with Crippen LogP contribution in [0.3, 0.4) is 0 Å². The van der Waals surface area contributed by atoms with Gasteiger partial charge in [0.1, 0.15) is 0 Å². The fourth-order valence-corrected chi connectivity index (χ4v) is 3.20. The van der Waals surface area contributed by atoms with Crippen LogP contribution in [0, 0.1) is 20.8 Å². The molecule has 1 N–H and O–H groups in total. The van der Waals surface area contributed by atoms with E-state index >= 15 is 0 Å². The monoisotopic (exact) mass is 265 g/mol. The smallest absolute Gasteiger partial charge is 0.187 e. The van der Waals surface area contributed by atoms with Gasteiger partial charge in [0.05, 0.1) is 0 Å². The second kappa shape index (κ2) is 6.53. The van der Waals surface area contributed by atoms with Crippen LogP contribution in [-0.2, 0) is 0 Å². The summed E-state index contributed by atoms with van der Waals surface area (Å²) >= 11 is 1.79. The Balaban J connectivity index is 1.76. The Morgan fingerprint density at radius 3 is 2.56 bits per heavy atom. The second-order valence-electron chi connectivity index (χ2n) is 5.09. The quantitative estimate of drug-likeness (QED) is 0.504. The molecule has 1 aliphatic rings. The van der Waals surface area contributed by atoms with E-state index in [1.165, 1.54) is 37.8 Å². The van der Waals surface area contributed by atoms with E-state index < -0.39 is 0 Å². The first-order valence-corrected chi connectivity index (χ1v) is 7.83. The lowest BCUT2D eigenvalue weighted by Crippen LogP contribution is -2.21. The summed E-state index contributed by atoms with van der Waals surface area (Å²) in [5.41, 5.74) is 3.44. The highest BCUT2D eigenvalue weighted by atomic mass is 32.2. The lowest BCUT2D eigenvalue weighted by molar-refractivity contribution is 0.553. The average Bonchev–Trinajstić information content (AvgIpc) is 2.84. The zero-order chi connectivity index (χ0) is 13.0. The number of thioether (sulfide) groups is 1. The van der Waals surface area contributed by atoms with Gasteiger partial charge in [-0.25, -0.2) is 9.97 Å². The van der Waals surface area contributed by atoms with Crippen LogP contribution >= 0.6 is 11.8 Å². The van der Waals surface area contributed by atoms with Gasteiger partial charge in [-0.3, -0.25) is 0 Å². The van der Waals surface area contributed by atoms with Crippen molar-refractivity contribution in [2.45, 2.75) is 57.7 Å². The van der Waals surface area contributed by atoms with Crippen molar-refractivity contribution < 1.29 is 0 Å². The highest BCUT2D eigenvalue weighted by Gasteiger charge is 2.13. The molecular weight excluding hydrogens is 242 g/mol. The van der Waals surface area contributed by atoms with Gasteiger partial charge in [-0.05, 0) is 58.6 Å². The molecule has 1 atom stereocenters. The molecule has 1 aromatic heterocycles. The molecule has 1 saturated heterocycles. The third-order valence-electron chi connectivity index (χ3n) is 3.70. The van der Waals surface area contributed by atoms with E-state index in [4.69, 9.17) is 0 Å². The molecule has 0 bridgehead atoms. The highest BCUT2D eigenvalue weighted by molar-refractivity contribution is 7.99. The topological polar surface area (TPSA) is 37.8 Å². The summed E-state index contributed by atoms with van der Waals surface area (Å²) in [6.07, 6.45) is 5.23. The van der Waals surface area contributed by atoms with Crippen LogP contribution in [-0.4, -0.2) is 28.3 Å². The zero-order valence-corrected chi connectivity index (χ0v) is 12.4. The average molecular weight is 265 g/mol. The van der Waals surface area contributed by atoms with Crippen molar-refractivity contribution >= 4 is 11.8 Å². The fourth-order valence-electron chi connectivity index (χ4n) is 2.30. The number of hydrogen-bond donors (Lipinski definition) is 1. The van der Waals surface area contributed by atoms with Gasteiger partial charge in [-0.2, -0.15) is 0 Å².